The second-order valence-electron chi connectivity index (χ2n) is 4.20. The smallest absolute Gasteiger partial charge is 0.238 e. The summed E-state index contributed by atoms with van der Waals surface area (Å²) in [6.07, 6.45) is 4.47. The van der Waals surface area contributed by atoms with Crippen molar-refractivity contribution in [1.29, 1.82) is 0 Å². The molecule has 0 aliphatic rings. The highest BCUT2D eigenvalue weighted by Gasteiger charge is 2.10. The summed E-state index contributed by atoms with van der Waals surface area (Å²) < 4.78 is 18.5. The summed E-state index contributed by atoms with van der Waals surface area (Å²) >= 11 is 0. The van der Waals surface area contributed by atoms with E-state index in [0.717, 1.165) is 19.3 Å². The number of unbranched alkanes of at least 4 members (excludes halogenated alkanes) is 4. The van der Waals surface area contributed by atoms with Crippen LogP contribution in [-0.2, 0) is 0 Å². The highest BCUT2D eigenvalue weighted by atomic mass is 19.1. The minimum Gasteiger partial charge on any atom is -0.504 e. The largest absolute Gasteiger partial charge is 0.504 e. The Morgan fingerprint density at radius 2 is 1.88 bits per heavy atom. The molecule has 0 radical (unpaired) electrons. The molecule has 0 saturated heterocycles. The van der Waals surface area contributed by atoms with Crippen LogP contribution < -0.4 is 4.74 Å². The molecule has 96 valence electrons. The highest BCUT2D eigenvalue weighted by molar-refractivity contribution is 5.37. The number of phenolic OH excluding ortho intramolecular Hbond substituents is 1. The SMILES string of the molecule is CCCCCCCC(F)Oc1ccccc1O. The summed E-state index contributed by atoms with van der Waals surface area (Å²) in [4.78, 5) is 0. The van der Waals surface area contributed by atoms with E-state index in [1.165, 1.54) is 18.9 Å². The lowest BCUT2D eigenvalue weighted by molar-refractivity contribution is 0.0542. The quantitative estimate of drug-likeness (QED) is 0.681. The maximum absolute atomic E-state index is 13.4. The third-order valence-electron chi connectivity index (χ3n) is 2.65. The Hall–Kier alpha value is -1.25. The van der Waals surface area contributed by atoms with E-state index < -0.39 is 6.36 Å². The Labute approximate surface area is 102 Å². The van der Waals surface area contributed by atoms with E-state index in [2.05, 4.69) is 6.92 Å². The fourth-order valence-electron chi connectivity index (χ4n) is 1.66. The lowest BCUT2D eigenvalue weighted by Gasteiger charge is -2.12. The minimum atomic E-state index is -1.33. The van der Waals surface area contributed by atoms with Crippen LogP contribution in [-0.4, -0.2) is 11.5 Å². The molecular weight excluding hydrogens is 219 g/mol. The van der Waals surface area contributed by atoms with Gasteiger partial charge in [0.05, 0.1) is 0 Å². The third-order valence-corrected chi connectivity index (χ3v) is 2.65. The van der Waals surface area contributed by atoms with Crippen LogP contribution in [0.4, 0.5) is 4.39 Å². The normalized spacial score (nSPS) is 12.4. The van der Waals surface area contributed by atoms with Gasteiger partial charge in [-0.15, -0.1) is 0 Å². The van der Waals surface area contributed by atoms with Crippen molar-refractivity contribution in [2.75, 3.05) is 0 Å². The maximum Gasteiger partial charge on any atom is 0.238 e. The first-order chi connectivity index (χ1) is 8.24. The molecular formula is C14H21FO2. The predicted octanol–water partition coefficient (Wildman–Crippen LogP) is 4.43. The Morgan fingerprint density at radius 1 is 1.18 bits per heavy atom. The number of ether oxygens (including phenoxy) is 1. The molecule has 1 rings (SSSR count). The number of aromatic hydroxyl groups is 1. The molecule has 0 fully saturated rings. The van der Waals surface area contributed by atoms with Crippen molar-refractivity contribution in [2.24, 2.45) is 0 Å². The van der Waals surface area contributed by atoms with E-state index in [1.54, 1.807) is 18.2 Å². The van der Waals surface area contributed by atoms with Crippen LogP contribution in [0.25, 0.3) is 0 Å². The first kappa shape index (κ1) is 13.8. The molecule has 17 heavy (non-hydrogen) atoms. The molecule has 0 aromatic heterocycles. The van der Waals surface area contributed by atoms with Gasteiger partial charge in [-0.1, -0.05) is 44.7 Å². The number of para-hydroxylation sites is 2. The van der Waals surface area contributed by atoms with Crippen molar-refractivity contribution < 1.29 is 14.2 Å². The molecule has 2 nitrogen and oxygen atoms in total. The average molecular weight is 240 g/mol. The molecule has 0 bridgehead atoms. The van der Waals surface area contributed by atoms with Gasteiger partial charge in [-0.2, -0.15) is 0 Å². The van der Waals surface area contributed by atoms with Crippen molar-refractivity contribution in [1.82, 2.24) is 0 Å². The first-order valence-corrected chi connectivity index (χ1v) is 6.32. The van der Waals surface area contributed by atoms with E-state index in [0.29, 0.717) is 6.42 Å². The van der Waals surface area contributed by atoms with Gasteiger partial charge >= 0.3 is 0 Å². The summed E-state index contributed by atoms with van der Waals surface area (Å²) in [5, 5.41) is 9.41. The van der Waals surface area contributed by atoms with Crippen LogP contribution in [0.3, 0.4) is 0 Å². The lowest BCUT2D eigenvalue weighted by atomic mass is 10.1. The number of alkyl halides is 1. The molecule has 0 saturated carbocycles. The number of halogens is 1. The van der Waals surface area contributed by atoms with Gasteiger partial charge in [0.2, 0.25) is 6.36 Å². The minimum absolute atomic E-state index is 0.0128. The van der Waals surface area contributed by atoms with E-state index in [1.807, 2.05) is 0 Å². The fraction of sp³-hybridized carbons (Fsp3) is 0.571. The van der Waals surface area contributed by atoms with Gasteiger partial charge in [-0.05, 0) is 18.6 Å². The van der Waals surface area contributed by atoms with E-state index in [4.69, 9.17) is 4.74 Å². The van der Waals surface area contributed by atoms with E-state index >= 15 is 0 Å². The molecule has 0 heterocycles. The predicted molar refractivity (Wildman–Crippen MR) is 67.0 cm³/mol. The van der Waals surface area contributed by atoms with Crippen molar-refractivity contribution in [3.8, 4) is 11.5 Å². The Balaban J connectivity index is 2.21. The van der Waals surface area contributed by atoms with Crippen molar-refractivity contribution >= 4 is 0 Å². The number of phenols is 1. The highest BCUT2D eigenvalue weighted by Crippen LogP contribution is 2.26. The van der Waals surface area contributed by atoms with Crippen LogP contribution in [0.2, 0.25) is 0 Å². The van der Waals surface area contributed by atoms with Crippen molar-refractivity contribution in [3.05, 3.63) is 24.3 Å². The third kappa shape index (κ3) is 5.57. The number of benzene rings is 1. The molecule has 1 N–H and O–H groups in total. The molecule has 3 heteroatoms. The summed E-state index contributed by atoms with van der Waals surface area (Å²) in [6.45, 7) is 2.15. The van der Waals surface area contributed by atoms with Crippen LogP contribution in [0.5, 0.6) is 11.5 Å². The van der Waals surface area contributed by atoms with Crippen LogP contribution in [0.15, 0.2) is 24.3 Å². The molecule has 0 amide bonds. The van der Waals surface area contributed by atoms with Gasteiger partial charge in [0.15, 0.2) is 11.5 Å². The summed E-state index contributed by atoms with van der Waals surface area (Å²) in [5.41, 5.74) is 0. The molecule has 1 aromatic rings. The van der Waals surface area contributed by atoms with Crippen LogP contribution in [0, 0.1) is 0 Å². The summed E-state index contributed by atoms with van der Waals surface area (Å²) in [7, 11) is 0. The number of hydrogen-bond acceptors (Lipinski definition) is 2. The number of hydrogen-bond donors (Lipinski definition) is 1. The Morgan fingerprint density at radius 3 is 2.59 bits per heavy atom. The molecule has 0 aliphatic carbocycles. The van der Waals surface area contributed by atoms with Gasteiger partial charge in [0, 0.05) is 6.42 Å². The molecule has 1 atom stereocenters. The summed E-state index contributed by atoms with van der Waals surface area (Å²) in [6, 6.07) is 6.45. The van der Waals surface area contributed by atoms with Crippen molar-refractivity contribution in [3.63, 3.8) is 0 Å². The van der Waals surface area contributed by atoms with Gasteiger partial charge in [0.1, 0.15) is 0 Å². The molecule has 1 aromatic carbocycles. The van der Waals surface area contributed by atoms with E-state index in [9.17, 15) is 9.50 Å². The number of rotatable bonds is 8. The lowest BCUT2D eigenvalue weighted by Crippen LogP contribution is -2.09. The fourth-order valence-corrected chi connectivity index (χ4v) is 1.66. The van der Waals surface area contributed by atoms with Crippen LogP contribution in [0.1, 0.15) is 45.4 Å². The second kappa shape index (κ2) is 7.93. The molecule has 0 spiro atoms. The monoisotopic (exact) mass is 240 g/mol. The zero-order chi connectivity index (χ0) is 12.5. The van der Waals surface area contributed by atoms with Gasteiger partial charge in [0.25, 0.3) is 0 Å². The van der Waals surface area contributed by atoms with E-state index in [-0.39, 0.29) is 11.5 Å². The van der Waals surface area contributed by atoms with Crippen LogP contribution >= 0.6 is 0 Å². The average Bonchev–Trinajstić information content (AvgIpc) is 2.32. The standard InChI is InChI=1S/C14H21FO2/c1-2-3-4-5-6-11-14(15)17-13-10-8-7-9-12(13)16/h7-10,14,16H,2-6,11H2,1H3. The van der Waals surface area contributed by atoms with Gasteiger partial charge in [-0.25, -0.2) is 4.39 Å². The first-order valence-electron chi connectivity index (χ1n) is 6.32. The van der Waals surface area contributed by atoms with Gasteiger partial charge in [-0.3, -0.25) is 0 Å². The zero-order valence-corrected chi connectivity index (χ0v) is 10.4. The Kier molecular flexibility index (Phi) is 6.45. The maximum atomic E-state index is 13.4. The molecule has 1 unspecified atom stereocenters. The molecule has 0 aliphatic heterocycles. The summed E-state index contributed by atoms with van der Waals surface area (Å²) in [5.74, 6) is 0.203. The zero-order valence-electron chi connectivity index (χ0n) is 10.4. The Bertz CT molecular complexity index is 315. The van der Waals surface area contributed by atoms with Crippen molar-refractivity contribution in [2.45, 2.75) is 51.8 Å². The topological polar surface area (TPSA) is 29.5 Å². The van der Waals surface area contributed by atoms with Gasteiger partial charge < -0.3 is 9.84 Å². The second-order valence-corrected chi connectivity index (χ2v) is 4.20.